The maximum atomic E-state index is 12.3. The number of hydrogen-bond donors (Lipinski definition) is 2. The number of benzene rings is 2. The molecule has 0 radical (unpaired) electrons. The minimum Gasteiger partial charge on any atom is -0.465 e. The Morgan fingerprint density at radius 2 is 1.86 bits per heavy atom. The van der Waals surface area contributed by atoms with E-state index in [9.17, 15) is 14.7 Å². The molecule has 1 heterocycles. The summed E-state index contributed by atoms with van der Waals surface area (Å²) in [6.07, 6.45) is -1.02. The minimum atomic E-state index is -1.02. The molecule has 3 rings (SSSR count). The molecule has 0 aliphatic heterocycles. The molecule has 7 heteroatoms. The van der Waals surface area contributed by atoms with Crippen molar-refractivity contribution >= 4 is 11.8 Å². The molecule has 0 aliphatic carbocycles. The summed E-state index contributed by atoms with van der Waals surface area (Å²) in [6.45, 7) is 2.78. The zero-order chi connectivity index (χ0) is 20.1. The van der Waals surface area contributed by atoms with Gasteiger partial charge in [0.25, 0.3) is 5.56 Å². The van der Waals surface area contributed by atoms with Gasteiger partial charge in [-0.1, -0.05) is 30.3 Å². The van der Waals surface area contributed by atoms with E-state index in [0.717, 1.165) is 16.7 Å². The molecule has 28 heavy (non-hydrogen) atoms. The SMILES string of the molecule is CCN(C(=O)O)c1cccc(Cn2nc(-c3cccc(CN)c3)ccc2=O)c1. The first-order chi connectivity index (χ1) is 13.5. The molecule has 3 aromatic rings. The van der Waals surface area contributed by atoms with Gasteiger partial charge in [-0.15, -0.1) is 0 Å². The molecule has 0 fully saturated rings. The lowest BCUT2D eigenvalue weighted by atomic mass is 10.1. The third kappa shape index (κ3) is 4.27. The van der Waals surface area contributed by atoms with E-state index in [4.69, 9.17) is 5.73 Å². The summed E-state index contributed by atoms with van der Waals surface area (Å²) in [7, 11) is 0. The summed E-state index contributed by atoms with van der Waals surface area (Å²) in [6, 6.07) is 18.0. The largest absolute Gasteiger partial charge is 0.465 e. The van der Waals surface area contributed by atoms with Crippen LogP contribution in [-0.4, -0.2) is 27.5 Å². The van der Waals surface area contributed by atoms with Gasteiger partial charge in [0.05, 0.1) is 12.2 Å². The molecule has 0 saturated heterocycles. The summed E-state index contributed by atoms with van der Waals surface area (Å²) in [5.74, 6) is 0. The van der Waals surface area contributed by atoms with Gasteiger partial charge in [0.15, 0.2) is 0 Å². The van der Waals surface area contributed by atoms with Crippen molar-refractivity contribution in [2.24, 2.45) is 5.73 Å². The first-order valence-electron chi connectivity index (χ1n) is 8.98. The molecule has 144 valence electrons. The maximum Gasteiger partial charge on any atom is 0.411 e. The van der Waals surface area contributed by atoms with Crippen molar-refractivity contribution in [2.75, 3.05) is 11.4 Å². The molecule has 0 spiro atoms. The maximum absolute atomic E-state index is 12.3. The summed E-state index contributed by atoms with van der Waals surface area (Å²) < 4.78 is 1.38. The second-order valence-corrected chi connectivity index (χ2v) is 6.32. The second kappa shape index (κ2) is 8.49. The van der Waals surface area contributed by atoms with Crippen LogP contribution in [0.15, 0.2) is 65.5 Å². The molecular weight excluding hydrogens is 356 g/mol. The predicted molar refractivity (Wildman–Crippen MR) is 108 cm³/mol. The van der Waals surface area contributed by atoms with Crippen molar-refractivity contribution < 1.29 is 9.90 Å². The van der Waals surface area contributed by atoms with Gasteiger partial charge in [-0.05, 0) is 42.3 Å². The van der Waals surface area contributed by atoms with Gasteiger partial charge in [0, 0.05) is 30.4 Å². The molecule has 0 unspecified atom stereocenters. The van der Waals surface area contributed by atoms with Crippen LogP contribution in [0.2, 0.25) is 0 Å². The fourth-order valence-electron chi connectivity index (χ4n) is 3.00. The Morgan fingerprint density at radius 3 is 2.57 bits per heavy atom. The van der Waals surface area contributed by atoms with E-state index in [2.05, 4.69) is 5.10 Å². The number of nitrogens with zero attached hydrogens (tertiary/aromatic N) is 3. The van der Waals surface area contributed by atoms with Crippen LogP contribution >= 0.6 is 0 Å². The smallest absolute Gasteiger partial charge is 0.411 e. The Labute approximate surface area is 162 Å². The Morgan fingerprint density at radius 1 is 1.11 bits per heavy atom. The quantitative estimate of drug-likeness (QED) is 0.687. The topological polar surface area (TPSA) is 101 Å². The van der Waals surface area contributed by atoms with Gasteiger partial charge < -0.3 is 10.8 Å². The molecule has 1 amide bonds. The summed E-state index contributed by atoms with van der Waals surface area (Å²) in [5.41, 5.74) is 9.37. The number of anilines is 1. The molecule has 3 N–H and O–H groups in total. The van der Waals surface area contributed by atoms with E-state index in [-0.39, 0.29) is 12.1 Å². The Kier molecular flexibility index (Phi) is 5.86. The van der Waals surface area contributed by atoms with E-state index in [1.54, 1.807) is 31.2 Å². The molecule has 2 aromatic carbocycles. The van der Waals surface area contributed by atoms with Crippen molar-refractivity contribution in [3.8, 4) is 11.3 Å². The highest BCUT2D eigenvalue weighted by molar-refractivity contribution is 5.85. The zero-order valence-electron chi connectivity index (χ0n) is 15.6. The third-order valence-electron chi connectivity index (χ3n) is 4.43. The molecule has 0 atom stereocenters. The van der Waals surface area contributed by atoms with Crippen molar-refractivity contribution in [2.45, 2.75) is 20.0 Å². The number of aromatic nitrogens is 2. The highest BCUT2D eigenvalue weighted by Gasteiger charge is 2.12. The van der Waals surface area contributed by atoms with Crippen LogP contribution in [0.25, 0.3) is 11.3 Å². The first-order valence-corrected chi connectivity index (χ1v) is 8.98. The lowest BCUT2D eigenvalue weighted by Gasteiger charge is -2.18. The van der Waals surface area contributed by atoms with Crippen molar-refractivity contribution in [1.29, 1.82) is 0 Å². The molecule has 0 bridgehead atoms. The number of carboxylic acid groups (broad SMARTS) is 1. The number of hydrogen-bond acceptors (Lipinski definition) is 4. The van der Waals surface area contributed by atoms with E-state index in [1.165, 1.54) is 15.6 Å². The van der Waals surface area contributed by atoms with Gasteiger partial charge in [-0.2, -0.15) is 5.10 Å². The second-order valence-electron chi connectivity index (χ2n) is 6.32. The highest BCUT2D eigenvalue weighted by atomic mass is 16.4. The van der Waals surface area contributed by atoms with Crippen LogP contribution in [0.3, 0.4) is 0 Å². The predicted octanol–water partition coefficient (Wildman–Crippen LogP) is 2.92. The highest BCUT2D eigenvalue weighted by Crippen LogP contribution is 2.19. The van der Waals surface area contributed by atoms with E-state index < -0.39 is 6.09 Å². The van der Waals surface area contributed by atoms with Crippen molar-refractivity contribution in [1.82, 2.24) is 9.78 Å². The van der Waals surface area contributed by atoms with Gasteiger partial charge in [-0.25, -0.2) is 9.48 Å². The number of carbonyl (C=O) groups is 1. The Bertz CT molecular complexity index is 1050. The number of amides is 1. The summed E-state index contributed by atoms with van der Waals surface area (Å²) in [4.78, 5) is 24.9. The van der Waals surface area contributed by atoms with E-state index >= 15 is 0 Å². The van der Waals surface area contributed by atoms with Gasteiger partial charge in [0.2, 0.25) is 0 Å². The fourth-order valence-corrected chi connectivity index (χ4v) is 3.00. The number of nitrogens with two attached hydrogens (primary N) is 1. The van der Waals surface area contributed by atoms with E-state index in [1.807, 2.05) is 30.3 Å². The first kappa shape index (κ1) is 19.3. The average Bonchev–Trinajstić information content (AvgIpc) is 2.70. The van der Waals surface area contributed by atoms with Crippen molar-refractivity contribution in [3.63, 3.8) is 0 Å². The van der Waals surface area contributed by atoms with Gasteiger partial charge in [0.1, 0.15) is 0 Å². The third-order valence-corrected chi connectivity index (χ3v) is 4.43. The standard InChI is InChI=1S/C21H22N4O3/c1-2-24(21(27)28)18-8-4-6-16(12-18)14-25-20(26)10-9-19(23-25)17-7-3-5-15(11-17)13-22/h3-12H,2,13-14,22H2,1H3,(H,27,28). The Balaban J connectivity index is 1.93. The molecule has 0 saturated carbocycles. The van der Waals surface area contributed by atoms with Crippen LogP contribution in [0, 0.1) is 0 Å². The van der Waals surface area contributed by atoms with Crippen molar-refractivity contribution in [3.05, 3.63) is 82.1 Å². The summed E-state index contributed by atoms with van der Waals surface area (Å²) in [5, 5.41) is 13.8. The average molecular weight is 378 g/mol. The molecule has 7 nitrogen and oxygen atoms in total. The Hall–Kier alpha value is -3.45. The van der Waals surface area contributed by atoms with Crippen LogP contribution in [0.1, 0.15) is 18.1 Å². The lowest BCUT2D eigenvalue weighted by molar-refractivity contribution is 0.202. The monoisotopic (exact) mass is 378 g/mol. The zero-order valence-corrected chi connectivity index (χ0v) is 15.6. The van der Waals surface area contributed by atoms with Gasteiger partial charge >= 0.3 is 6.09 Å². The normalized spacial score (nSPS) is 10.6. The molecule has 0 aliphatic rings. The van der Waals surface area contributed by atoms with Crippen LogP contribution < -0.4 is 16.2 Å². The van der Waals surface area contributed by atoms with Crippen LogP contribution in [-0.2, 0) is 13.1 Å². The molecular formula is C21H22N4O3. The molecule has 1 aromatic heterocycles. The van der Waals surface area contributed by atoms with Gasteiger partial charge in [-0.3, -0.25) is 9.69 Å². The minimum absolute atomic E-state index is 0.227. The number of rotatable bonds is 6. The van der Waals surface area contributed by atoms with E-state index in [0.29, 0.717) is 24.5 Å². The van der Waals surface area contributed by atoms with Crippen LogP contribution in [0.5, 0.6) is 0 Å². The fraction of sp³-hybridized carbons (Fsp3) is 0.190. The summed E-state index contributed by atoms with van der Waals surface area (Å²) >= 11 is 0. The van der Waals surface area contributed by atoms with Crippen LogP contribution in [0.4, 0.5) is 10.5 Å². The lowest BCUT2D eigenvalue weighted by Crippen LogP contribution is -2.29.